The highest BCUT2D eigenvalue weighted by Crippen LogP contribution is 2.34. The van der Waals surface area contributed by atoms with Gasteiger partial charge in [0.1, 0.15) is 5.02 Å². The molecule has 0 bridgehead atoms. The summed E-state index contributed by atoms with van der Waals surface area (Å²) in [6.07, 6.45) is 3.55. The number of rotatable bonds is 3. The van der Waals surface area contributed by atoms with Gasteiger partial charge in [-0.05, 0) is 49.7 Å². The van der Waals surface area contributed by atoms with Gasteiger partial charge in [0.05, 0.1) is 4.92 Å². The lowest BCUT2D eigenvalue weighted by Gasteiger charge is -2.33. The van der Waals surface area contributed by atoms with Crippen LogP contribution in [0.4, 0.5) is 11.4 Å². The molecule has 2 atom stereocenters. The molecular formula is C15H21ClN2O2. The average molecular weight is 297 g/mol. The normalized spacial score (nSPS) is 26.3. The van der Waals surface area contributed by atoms with Crippen LogP contribution in [-0.2, 0) is 0 Å². The molecule has 0 spiro atoms. The third-order valence-corrected chi connectivity index (χ3v) is 4.33. The summed E-state index contributed by atoms with van der Waals surface area (Å²) >= 11 is 5.99. The van der Waals surface area contributed by atoms with E-state index in [-0.39, 0.29) is 10.7 Å². The van der Waals surface area contributed by atoms with Crippen LogP contribution in [0.1, 0.15) is 38.7 Å². The van der Waals surface area contributed by atoms with Crippen LogP contribution >= 0.6 is 11.6 Å². The van der Waals surface area contributed by atoms with Gasteiger partial charge in [-0.1, -0.05) is 25.4 Å². The van der Waals surface area contributed by atoms with E-state index in [1.54, 1.807) is 12.1 Å². The largest absolute Gasteiger partial charge is 0.382 e. The molecule has 0 amide bonds. The highest BCUT2D eigenvalue weighted by Gasteiger charge is 2.24. The molecule has 1 aromatic rings. The Kier molecular flexibility index (Phi) is 4.53. The zero-order chi connectivity index (χ0) is 14.9. The number of hydrogen-bond acceptors (Lipinski definition) is 3. The van der Waals surface area contributed by atoms with E-state index in [1.807, 2.05) is 6.92 Å². The van der Waals surface area contributed by atoms with Crippen molar-refractivity contribution >= 4 is 23.0 Å². The van der Waals surface area contributed by atoms with Crippen molar-refractivity contribution in [2.45, 2.75) is 46.1 Å². The molecule has 0 heterocycles. The smallest absolute Gasteiger partial charge is 0.288 e. The molecule has 0 aromatic heterocycles. The van der Waals surface area contributed by atoms with Crippen LogP contribution in [0.3, 0.4) is 0 Å². The minimum absolute atomic E-state index is 0.0277. The molecule has 1 aliphatic carbocycles. The predicted molar refractivity (Wildman–Crippen MR) is 82.4 cm³/mol. The van der Waals surface area contributed by atoms with Gasteiger partial charge in [0.15, 0.2) is 0 Å². The highest BCUT2D eigenvalue weighted by molar-refractivity contribution is 6.33. The number of nitrogens with one attached hydrogen (secondary N) is 1. The van der Waals surface area contributed by atoms with Gasteiger partial charge in [-0.25, -0.2) is 0 Å². The summed E-state index contributed by atoms with van der Waals surface area (Å²) in [7, 11) is 0. The first-order chi connectivity index (χ1) is 9.36. The van der Waals surface area contributed by atoms with Crippen molar-refractivity contribution in [2.75, 3.05) is 5.32 Å². The quantitative estimate of drug-likeness (QED) is 0.644. The lowest BCUT2D eigenvalue weighted by atomic mass is 9.80. The molecule has 4 nitrogen and oxygen atoms in total. The van der Waals surface area contributed by atoms with Gasteiger partial charge in [-0.3, -0.25) is 10.1 Å². The fourth-order valence-electron chi connectivity index (χ4n) is 3.25. The lowest BCUT2D eigenvalue weighted by Crippen LogP contribution is -2.30. The molecule has 0 saturated heterocycles. The minimum atomic E-state index is -0.441. The Balaban J connectivity index is 2.17. The number of benzene rings is 1. The van der Waals surface area contributed by atoms with Crippen molar-refractivity contribution in [3.05, 3.63) is 32.8 Å². The summed E-state index contributed by atoms with van der Waals surface area (Å²) in [4.78, 5) is 10.4. The van der Waals surface area contributed by atoms with Crippen LogP contribution in [0.25, 0.3) is 0 Å². The van der Waals surface area contributed by atoms with Crippen LogP contribution in [0.15, 0.2) is 12.1 Å². The van der Waals surface area contributed by atoms with Crippen LogP contribution < -0.4 is 5.32 Å². The van der Waals surface area contributed by atoms with Crippen LogP contribution in [0, 0.1) is 28.9 Å². The Bertz CT molecular complexity index is 509. The fraction of sp³-hybridized carbons (Fsp3) is 0.600. The Morgan fingerprint density at radius 1 is 1.25 bits per heavy atom. The molecule has 1 aliphatic rings. The van der Waals surface area contributed by atoms with Crippen molar-refractivity contribution in [2.24, 2.45) is 11.8 Å². The van der Waals surface area contributed by atoms with Crippen molar-refractivity contribution in [1.29, 1.82) is 0 Å². The summed E-state index contributed by atoms with van der Waals surface area (Å²) in [6, 6.07) is 3.64. The highest BCUT2D eigenvalue weighted by atomic mass is 35.5. The van der Waals surface area contributed by atoms with Crippen molar-refractivity contribution < 1.29 is 4.92 Å². The molecule has 1 aromatic carbocycles. The zero-order valence-electron chi connectivity index (χ0n) is 12.1. The van der Waals surface area contributed by atoms with E-state index in [4.69, 9.17) is 11.6 Å². The lowest BCUT2D eigenvalue weighted by molar-refractivity contribution is -0.384. The summed E-state index contributed by atoms with van der Waals surface area (Å²) in [6.45, 7) is 6.43. The number of hydrogen-bond donors (Lipinski definition) is 1. The second-order valence-electron chi connectivity index (χ2n) is 6.13. The van der Waals surface area contributed by atoms with Crippen LogP contribution in [0.2, 0.25) is 5.02 Å². The van der Waals surface area contributed by atoms with E-state index < -0.39 is 4.92 Å². The number of anilines is 1. The van der Waals surface area contributed by atoms with E-state index in [2.05, 4.69) is 19.2 Å². The Morgan fingerprint density at radius 2 is 1.85 bits per heavy atom. The molecule has 1 fully saturated rings. The van der Waals surface area contributed by atoms with E-state index in [0.717, 1.165) is 24.1 Å². The molecule has 1 saturated carbocycles. The fourth-order valence-corrected chi connectivity index (χ4v) is 3.48. The van der Waals surface area contributed by atoms with Gasteiger partial charge < -0.3 is 5.32 Å². The van der Waals surface area contributed by atoms with Gasteiger partial charge in [0, 0.05) is 17.8 Å². The summed E-state index contributed by atoms with van der Waals surface area (Å²) in [5.41, 5.74) is 1.75. The second-order valence-corrected chi connectivity index (χ2v) is 6.54. The summed E-state index contributed by atoms with van der Waals surface area (Å²) < 4.78 is 0. The average Bonchev–Trinajstić information content (AvgIpc) is 2.31. The maximum atomic E-state index is 10.9. The summed E-state index contributed by atoms with van der Waals surface area (Å²) in [5.74, 6) is 1.43. The van der Waals surface area contributed by atoms with E-state index in [1.165, 1.54) is 6.42 Å². The summed E-state index contributed by atoms with van der Waals surface area (Å²) in [5, 5.41) is 14.6. The standard InChI is InChI=1S/C15H21ClN2O2/c1-9-4-10(2)6-12(5-9)17-14-8-13(16)15(18(19)20)7-11(14)3/h7-10,12,17H,4-6H2,1-3H3. The molecule has 0 aliphatic heterocycles. The predicted octanol–water partition coefficient (Wildman–Crippen LogP) is 4.79. The first-order valence-electron chi connectivity index (χ1n) is 7.08. The molecule has 2 unspecified atom stereocenters. The molecule has 0 radical (unpaired) electrons. The van der Waals surface area contributed by atoms with Gasteiger partial charge in [0.25, 0.3) is 5.69 Å². The monoisotopic (exact) mass is 296 g/mol. The van der Waals surface area contributed by atoms with Gasteiger partial charge in [0.2, 0.25) is 0 Å². The maximum Gasteiger partial charge on any atom is 0.288 e. The third kappa shape index (κ3) is 3.42. The first kappa shape index (κ1) is 15.1. The third-order valence-electron chi connectivity index (χ3n) is 4.03. The Morgan fingerprint density at radius 3 is 2.40 bits per heavy atom. The Hall–Kier alpha value is -1.29. The van der Waals surface area contributed by atoms with E-state index in [0.29, 0.717) is 17.9 Å². The topological polar surface area (TPSA) is 55.2 Å². The zero-order valence-corrected chi connectivity index (χ0v) is 12.9. The van der Waals surface area contributed by atoms with Crippen molar-refractivity contribution in [3.63, 3.8) is 0 Å². The Labute approximate surface area is 124 Å². The minimum Gasteiger partial charge on any atom is -0.382 e. The molecule has 110 valence electrons. The number of nitro benzene ring substituents is 1. The SMILES string of the molecule is Cc1cc([N+](=O)[O-])c(Cl)cc1NC1CC(C)CC(C)C1. The van der Waals surface area contributed by atoms with Gasteiger partial charge >= 0.3 is 0 Å². The van der Waals surface area contributed by atoms with E-state index >= 15 is 0 Å². The van der Waals surface area contributed by atoms with Crippen LogP contribution in [0.5, 0.6) is 0 Å². The first-order valence-corrected chi connectivity index (χ1v) is 7.45. The molecule has 1 N–H and O–H groups in total. The van der Waals surface area contributed by atoms with Gasteiger partial charge in [-0.15, -0.1) is 0 Å². The number of aryl methyl sites for hydroxylation is 1. The number of nitrogens with zero attached hydrogens (tertiary/aromatic N) is 1. The molecular weight excluding hydrogens is 276 g/mol. The van der Waals surface area contributed by atoms with Gasteiger partial charge in [-0.2, -0.15) is 0 Å². The van der Waals surface area contributed by atoms with Crippen molar-refractivity contribution in [1.82, 2.24) is 0 Å². The molecule has 2 rings (SSSR count). The van der Waals surface area contributed by atoms with E-state index in [9.17, 15) is 10.1 Å². The van der Waals surface area contributed by atoms with Crippen LogP contribution in [-0.4, -0.2) is 11.0 Å². The molecule has 20 heavy (non-hydrogen) atoms. The van der Waals surface area contributed by atoms with Crippen molar-refractivity contribution in [3.8, 4) is 0 Å². The second kappa shape index (κ2) is 6.00. The molecule has 5 heteroatoms. The maximum absolute atomic E-state index is 10.9. The number of nitro groups is 1. The number of halogens is 1.